The number of carbonyl (C=O) groups excluding carboxylic acids is 4. The average Bonchev–Trinajstić information content (AvgIpc) is 3.70. The van der Waals surface area contributed by atoms with E-state index < -0.39 is 6.04 Å². The van der Waals surface area contributed by atoms with Crippen LogP contribution in [0.1, 0.15) is 105 Å². The number of para-hydroxylation sites is 1. The lowest BCUT2D eigenvalue weighted by Crippen LogP contribution is -2.52. The van der Waals surface area contributed by atoms with E-state index in [1.165, 1.54) is 25.7 Å². The molecule has 2 aromatic heterocycles. The molecule has 0 bridgehead atoms. The van der Waals surface area contributed by atoms with E-state index >= 15 is 0 Å². The monoisotopic (exact) mass is 993 g/mol. The minimum atomic E-state index is -0.736. The van der Waals surface area contributed by atoms with Crippen LogP contribution in [-0.4, -0.2) is 130 Å². The van der Waals surface area contributed by atoms with Crippen LogP contribution in [0.4, 0.5) is 11.5 Å². The Morgan fingerprint density at radius 3 is 2.42 bits per heavy atom. The van der Waals surface area contributed by atoms with Crippen molar-refractivity contribution < 1.29 is 23.9 Å². The quantitative estimate of drug-likeness (QED) is 0.0436. The first-order valence-corrected chi connectivity index (χ1v) is 26.3. The van der Waals surface area contributed by atoms with Crippen molar-refractivity contribution >= 4 is 46.0 Å². The van der Waals surface area contributed by atoms with E-state index in [-0.39, 0.29) is 23.6 Å². The highest BCUT2D eigenvalue weighted by molar-refractivity contribution is 6.25. The zero-order valence-corrected chi connectivity index (χ0v) is 42.2. The summed E-state index contributed by atoms with van der Waals surface area (Å²) in [6.07, 6.45) is 10.6. The smallest absolute Gasteiger partial charge is 0.264 e. The van der Waals surface area contributed by atoms with E-state index in [1.54, 1.807) is 18.3 Å². The topological polar surface area (TPSA) is 165 Å². The molecule has 74 heavy (non-hydrogen) atoms. The number of imide groups is 1. The van der Waals surface area contributed by atoms with Crippen molar-refractivity contribution in [2.24, 2.45) is 0 Å². The molecule has 10 rings (SSSR count). The van der Waals surface area contributed by atoms with E-state index in [0.717, 1.165) is 120 Å². The van der Waals surface area contributed by atoms with Crippen molar-refractivity contribution in [2.45, 2.75) is 77.0 Å². The summed E-state index contributed by atoms with van der Waals surface area (Å²) in [7, 11) is 1.87. The van der Waals surface area contributed by atoms with Gasteiger partial charge in [0.25, 0.3) is 17.7 Å². The first-order chi connectivity index (χ1) is 36.3. The Morgan fingerprint density at radius 2 is 1.61 bits per heavy atom. The molecule has 2 saturated heterocycles. The fraction of sp³-hybridized carbons (Fsp3) is 0.373. The zero-order valence-electron chi connectivity index (χ0n) is 42.2. The molecule has 380 valence electrons. The number of anilines is 2. The number of hydrogen-bond donors (Lipinski definition) is 3. The number of amides is 4. The van der Waals surface area contributed by atoms with Gasteiger partial charge in [0.05, 0.1) is 35.4 Å². The predicted molar refractivity (Wildman–Crippen MR) is 287 cm³/mol. The molecule has 4 amide bonds. The highest BCUT2D eigenvalue weighted by Crippen LogP contribution is 2.33. The van der Waals surface area contributed by atoms with E-state index in [4.69, 9.17) is 14.7 Å². The average molecular weight is 993 g/mol. The number of piperazine rings is 1. The Bertz CT molecular complexity index is 3070. The highest BCUT2D eigenvalue weighted by atomic mass is 16.5. The van der Waals surface area contributed by atoms with Crippen LogP contribution in [0.5, 0.6) is 5.75 Å². The Morgan fingerprint density at radius 1 is 0.824 bits per heavy atom. The molecular formula is C59H64N10O5. The molecule has 1 atom stereocenters. The molecule has 6 aromatic rings. The van der Waals surface area contributed by atoms with Crippen molar-refractivity contribution in [3.8, 4) is 29.0 Å². The fourth-order valence-electron chi connectivity index (χ4n) is 10.4. The lowest BCUT2D eigenvalue weighted by Gasteiger charge is -2.33. The molecule has 2 fully saturated rings. The number of rotatable bonds is 18. The summed E-state index contributed by atoms with van der Waals surface area (Å²) >= 11 is 0. The summed E-state index contributed by atoms with van der Waals surface area (Å²) in [6.45, 7) is 8.72. The predicted octanol–water partition coefficient (Wildman–Crippen LogP) is 7.81. The molecule has 15 heteroatoms. The van der Waals surface area contributed by atoms with E-state index in [9.17, 15) is 19.2 Å². The number of unbranched alkanes of at least 4 members (excludes halogenated alkanes) is 5. The number of hydrogen-bond acceptors (Lipinski definition) is 12. The van der Waals surface area contributed by atoms with E-state index in [0.29, 0.717) is 67.3 Å². The maximum Gasteiger partial charge on any atom is 0.264 e. The molecule has 4 aliphatic rings. The van der Waals surface area contributed by atoms with Gasteiger partial charge in [-0.3, -0.25) is 34.0 Å². The van der Waals surface area contributed by atoms with Crippen molar-refractivity contribution in [1.29, 1.82) is 0 Å². The van der Waals surface area contributed by atoms with Gasteiger partial charge in [0.1, 0.15) is 24.2 Å². The lowest BCUT2D eigenvalue weighted by atomic mass is 10.0. The molecule has 0 saturated carbocycles. The molecule has 15 nitrogen and oxygen atoms in total. The summed E-state index contributed by atoms with van der Waals surface area (Å²) in [6, 6.07) is 30.2. The van der Waals surface area contributed by atoms with Gasteiger partial charge in [-0.2, -0.15) is 0 Å². The molecule has 0 spiro atoms. The number of aromatic nitrogens is 3. The van der Waals surface area contributed by atoms with Crippen LogP contribution in [0.2, 0.25) is 0 Å². The van der Waals surface area contributed by atoms with Crippen molar-refractivity contribution in [1.82, 2.24) is 39.9 Å². The number of piperidine rings is 1. The number of nitrogens with zero attached hydrogens (tertiary/aromatic N) is 7. The van der Waals surface area contributed by atoms with Gasteiger partial charge in [0.15, 0.2) is 5.82 Å². The summed E-state index contributed by atoms with van der Waals surface area (Å²) in [5.41, 5.74) is 7.63. The molecule has 0 radical (unpaired) electrons. The fourth-order valence-corrected chi connectivity index (χ4v) is 10.4. The third kappa shape index (κ3) is 11.6. The third-order valence-corrected chi connectivity index (χ3v) is 14.6. The normalized spacial score (nSPS) is 16.8. The summed E-state index contributed by atoms with van der Waals surface area (Å²) in [5, 5.41) is 10.4. The van der Waals surface area contributed by atoms with Crippen LogP contribution < -0.4 is 20.7 Å². The highest BCUT2D eigenvalue weighted by Gasteiger charge is 2.44. The van der Waals surface area contributed by atoms with Crippen molar-refractivity contribution in [3.63, 3.8) is 0 Å². The van der Waals surface area contributed by atoms with Gasteiger partial charge < -0.3 is 30.5 Å². The third-order valence-electron chi connectivity index (χ3n) is 14.6. The van der Waals surface area contributed by atoms with Gasteiger partial charge >= 0.3 is 0 Å². The van der Waals surface area contributed by atoms with Gasteiger partial charge in [0.2, 0.25) is 5.91 Å². The Hall–Kier alpha value is -7.67. The molecule has 4 aromatic carbocycles. The Balaban J connectivity index is 0.591. The van der Waals surface area contributed by atoms with Crippen LogP contribution >= 0.6 is 0 Å². The first-order valence-electron chi connectivity index (χ1n) is 26.3. The standard InChI is InChI=1S/C59H64N10O5/c1-60-55-47-27-32-68(39-51(47)64-54(65-55)45-37-44-14-6-7-16-49(44)63-38-45)57(71)43-23-19-42(20-24-43)40-74-46-25-21-41(22-26-46)13-12-31-67-35-33-66(34-36-67)30-9-5-3-2-4-8-28-61-50-17-10-15-48-53(50)59(73)69(58(48)72)52-18-11-29-62-56(52)70/h6-7,10,14-17,19-26,37-38,52,61H,2-5,8-9,11,18,27-36,39-40H2,1H3,(H,62,70)(H,60,64,65). The van der Waals surface area contributed by atoms with Gasteiger partial charge in [-0.15, -0.1) is 0 Å². The number of carbonyl (C=O) groups is 4. The molecule has 0 aliphatic carbocycles. The van der Waals surface area contributed by atoms with Gasteiger partial charge in [0, 0.05) is 92.4 Å². The van der Waals surface area contributed by atoms with Crippen LogP contribution in [0.3, 0.4) is 0 Å². The van der Waals surface area contributed by atoms with Crippen molar-refractivity contribution in [2.75, 3.05) is 76.6 Å². The largest absolute Gasteiger partial charge is 0.489 e. The van der Waals surface area contributed by atoms with Crippen LogP contribution in [0.25, 0.3) is 22.3 Å². The van der Waals surface area contributed by atoms with Gasteiger partial charge in [-0.05, 0) is 105 Å². The van der Waals surface area contributed by atoms with Gasteiger partial charge in [-0.25, -0.2) is 9.97 Å². The SMILES string of the molecule is CNc1nc(-c2cnc3ccccc3c2)nc2c1CCN(C(=O)c1ccc(COc3ccc(C#CCN4CCN(CCCCCCCCNc5cccc6c5C(=O)N(C5CCCNC5=O)C6=O)CC4)cc3)cc1)C2. The number of nitrogens with one attached hydrogen (secondary N) is 3. The molecule has 4 aliphatic heterocycles. The number of fused-ring (bicyclic) bond motifs is 3. The van der Waals surface area contributed by atoms with E-state index in [1.807, 2.05) is 90.8 Å². The minimum Gasteiger partial charge on any atom is -0.489 e. The number of pyridine rings is 1. The summed E-state index contributed by atoms with van der Waals surface area (Å²) < 4.78 is 6.11. The first kappa shape index (κ1) is 49.9. The molecular weight excluding hydrogens is 929 g/mol. The van der Waals surface area contributed by atoms with Crippen LogP contribution in [0, 0.1) is 11.8 Å². The molecule has 1 unspecified atom stereocenters. The summed E-state index contributed by atoms with van der Waals surface area (Å²) in [4.78, 5) is 75.0. The molecule has 3 N–H and O–H groups in total. The Labute approximate surface area is 433 Å². The molecule has 6 heterocycles. The van der Waals surface area contributed by atoms with Crippen LogP contribution in [0.15, 0.2) is 103 Å². The second-order valence-electron chi connectivity index (χ2n) is 19.6. The van der Waals surface area contributed by atoms with Crippen molar-refractivity contribution in [3.05, 3.63) is 142 Å². The lowest BCUT2D eigenvalue weighted by molar-refractivity contribution is -0.126. The summed E-state index contributed by atoms with van der Waals surface area (Å²) in [5.74, 6) is 7.79. The van der Waals surface area contributed by atoms with Gasteiger partial charge in [-0.1, -0.05) is 73.9 Å². The Kier molecular flexibility index (Phi) is 15.8. The van der Waals surface area contributed by atoms with E-state index in [2.05, 4.69) is 48.6 Å². The minimum absolute atomic E-state index is 0.0319. The van der Waals surface area contributed by atoms with Crippen LogP contribution in [-0.2, 0) is 24.4 Å². The number of benzene rings is 4. The second kappa shape index (κ2) is 23.5. The maximum atomic E-state index is 13.7. The number of ether oxygens (including phenoxy) is 1. The maximum absolute atomic E-state index is 13.7. The second-order valence-corrected chi connectivity index (χ2v) is 19.6. The zero-order chi connectivity index (χ0) is 50.8.